The highest BCUT2D eigenvalue weighted by Crippen LogP contribution is 2.23. The Bertz CT molecular complexity index is 1140. The fourth-order valence-corrected chi connectivity index (χ4v) is 3.23. The molecule has 3 N–H and O–H groups in total. The lowest BCUT2D eigenvalue weighted by atomic mass is 10.0. The molecule has 0 aliphatic carbocycles. The minimum absolute atomic E-state index is 0.339. The Morgan fingerprint density at radius 1 is 0.769 bits per heavy atom. The molecule has 0 unspecified atom stereocenters. The summed E-state index contributed by atoms with van der Waals surface area (Å²) in [6.45, 7) is 0. The van der Waals surface area contributed by atoms with Crippen molar-refractivity contribution in [3.8, 4) is 0 Å². The number of fused-ring (bicyclic) bond motifs is 2. The van der Waals surface area contributed by atoms with E-state index in [1.807, 2.05) is 42.5 Å². The summed E-state index contributed by atoms with van der Waals surface area (Å²) < 4.78 is 0. The minimum Gasteiger partial charge on any atom is -0.388 e. The maximum atomic E-state index is 5.99. The Kier molecular flexibility index (Phi) is 4.38. The minimum atomic E-state index is 0.339. The quantitative estimate of drug-likeness (QED) is 0.363. The molecule has 0 heterocycles. The van der Waals surface area contributed by atoms with E-state index in [1.54, 1.807) is 0 Å². The van der Waals surface area contributed by atoms with E-state index in [0.29, 0.717) is 4.99 Å². The van der Waals surface area contributed by atoms with Gasteiger partial charge in [-0.15, -0.1) is 0 Å². The number of nitrogens with one attached hydrogen (secondary N) is 1. The summed E-state index contributed by atoms with van der Waals surface area (Å²) in [7, 11) is 0. The lowest BCUT2D eigenvalue weighted by molar-refractivity contribution is 1.53. The normalized spacial score (nSPS) is 11.6. The molecule has 0 aliphatic heterocycles. The van der Waals surface area contributed by atoms with Crippen molar-refractivity contribution in [2.45, 2.75) is 0 Å². The van der Waals surface area contributed by atoms with Crippen molar-refractivity contribution < 1.29 is 0 Å². The van der Waals surface area contributed by atoms with Crippen molar-refractivity contribution in [2.75, 3.05) is 5.32 Å². The van der Waals surface area contributed by atoms with Crippen LogP contribution in [0, 0.1) is 0 Å². The van der Waals surface area contributed by atoms with Crippen LogP contribution in [0.4, 0.5) is 5.69 Å². The summed E-state index contributed by atoms with van der Waals surface area (Å²) in [4.78, 5) is 0.339. The van der Waals surface area contributed by atoms with Crippen molar-refractivity contribution in [1.82, 2.24) is 0 Å². The van der Waals surface area contributed by atoms with E-state index in [-0.39, 0.29) is 0 Å². The Morgan fingerprint density at radius 3 is 2.27 bits per heavy atom. The first kappa shape index (κ1) is 16.3. The number of rotatable bonds is 4. The third-order valence-corrected chi connectivity index (χ3v) is 4.64. The van der Waals surface area contributed by atoms with Crippen LogP contribution in [0.25, 0.3) is 27.6 Å². The number of hydrogen-bond acceptors (Lipinski definition) is 2. The molecule has 0 amide bonds. The monoisotopic (exact) mass is 354 g/mol. The van der Waals surface area contributed by atoms with E-state index in [4.69, 9.17) is 18.0 Å². The number of benzene rings is 4. The molecule has 0 aromatic heterocycles. The van der Waals surface area contributed by atoms with Gasteiger partial charge in [0.15, 0.2) is 0 Å². The first-order valence-corrected chi connectivity index (χ1v) is 8.87. The standard InChI is InChI=1S/C23H18N2S/c24-23(26)22(15-19-10-5-9-17-7-3-4-11-21(17)19)25-20-13-12-16-6-1-2-8-18(16)14-20/h1-15,25H,(H2,24,26). The number of anilines is 1. The highest BCUT2D eigenvalue weighted by atomic mass is 32.1. The van der Waals surface area contributed by atoms with Gasteiger partial charge in [-0.25, -0.2) is 0 Å². The maximum Gasteiger partial charge on any atom is 0.120 e. The molecule has 0 fully saturated rings. The highest BCUT2D eigenvalue weighted by Gasteiger charge is 2.05. The van der Waals surface area contributed by atoms with Crippen LogP contribution >= 0.6 is 12.2 Å². The fourth-order valence-electron chi connectivity index (χ4n) is 3.12. The SMILES string of the molecule is NC(=S)C(=Cc1cccc2ccccc12)Nc1ccc2ccccc2c1. The first-order chi connectivity index (χ1) is 12.7. The van der Waals surface area contributed by atoms with Gasteiger partial charge in [-0.1, -0.05) is 85.0 Å². The largest absolute Gasteiger partial charge is 0.388 e. The van der Waals surface area contributed by atoms with Crippen LogP contribution in [0.2, 0.25) is 0 Å². The molecule has 3 heteroatoms. The number of nitrogens with two attached hydrogens (primary N) is 1. The van der Waals surface area contributed by atoms with Gasteiger partial charge in [-0.2, -0.15) is 0 Å². The summed E-state index contributed by atoms with van der Waals surface area (Å²) >= 11 is 5.28. The molecule has 4 rings (SSSR count). The topological polar surface area (TPSA) is 38.0 Å². The second-order valence-corrected chi connectivity index (χ2v) is 6.62. The zero-order chi connectivity index (χ0) is 17.9. The summed E-state index contributed by atoms with van der Waals surface area (Å²) in [5, 5.41) is 8.11. The molecule has 4 aromatic carbocycles. The van der Waals surface area contributed by atoms with E-state index >= 15 is 0 Å². The third-order valence-electron chi connectivity index (χ3n) is 4.42. The van der Waals surface area contributed by atoms with Gasteiger partial charge >= 0.3 is 0 Å². The van der Waals surface area contributed by atoms with Crippen LogP contribution in [0.3, 0.4) is 0 Å². The first-order valence-electron chi connectivity index (χ1n) is 8.46. The molecule has 126 valence electrons. The zero-order valence-corrected chi connectivity index (χ0v) is 15.0. The van der Waals surface area contributed by atoms with Gasteiger partial charge in [0.2, 0.25) is 0 Å². The van der Waals surface area contributed by atoms with Gasteiger partial charge in [0, 0.05) is 5.69 Å². The zero-order valence-electron chi connectivity index (χ0n) is 14.1. The molecular weight excluding hydrogens is 336 g/mol. The second-order valence-electron chi connectivity index (χ2n) is 6.18. The van der Waals surface area contributed by atoms with Gasteiger partial charge in [-0.3, -0.25) is 0 Å². The highest BCUT2D eigenvalue weighted by molar-refractivity contribution is 7.80. The molecule has 0 aliphatic rings. The number of hydrogen-bond donors (Lipinski definition) is 2. The molecule has 0 atom stereocenters. The number of thiocarbonyl (C=S) groups is 1. The van der Waals surface area contributed by atoms with Crippen LogP contribution in [-0.2, 0) is 0 Å². The Hall–Kier alpha value is -3.17. The molecule has 0 spiro atoms. The molecule has 2 nitrogen and oxygen atoms in total. The Morgan fingerprint density at radius 2 is 1.46 bits per heavy atom. The molecule has 0 radical (unpaired) electrons. The van der Waals surface area contributed by atoms with Gasteiger partial charge in [0.25, 0.3) is 0 Å². The Labute approximate surface area is 158 Å². The lowest BCUT2D eigenvalue weighted by Crippen LogP contribution is -2.17. The molecule has 0 bridgehead atoms. The van der Waals surface area contributed by atoms with Gasteiger partial charge in [0.05, 0.1) is 5.70 Å². The van der Waals surface area contributed by atoms with Crippen molar-refractivity contribution in [2.24, 2.45) is 5.73 Å². The summed E-state index contributed by atoms with van der Waals surface area (Å²) in [5.74, 6) is 0. The smallest absolute Gasteiger partial charge is 0.120 e. The van der Waals surface area contributed by atoms with E-state index in [9.17, 15) is 0 Å². The van der Waals surface area contributed by atoms with E-state index in [0.717, 1.165) is 16.9 Å². The van der Waals surface area contributed by atoms with Crippen molar-refractivity contribution in [3.63, 3.8) is 0 Å². The molecule has 4 aromatic rings. The van der Waals surface area contributed by atoms with Crippen molar-refractivity contribution in [1.29, 1.82) is 0 Å². The van der Waals surface area contributed by atoms with Gasteiger partial charge in [0.1, 0.15) is 4.99 Å². The fraction of sp³-hybridized carbons (Fsp3) is 0. The maximum absolute atomic E-state index is 5.99. The second kappa shape index (κ2) is 6.98. The van der Waals surface area contributed by atoms with Crippen LogP contribution in [0.15, 0.2) is 90.6 Å². The molecular formula is C23H18N2S. The summed E-state index contributed by atoms with van der Waals surface area (Å²) in [5.41, 5.74) is 8.76. The van der Waals surface area contributed by atoms with E-state index in [2.05, 4.69) is 53.8 Å². The average molecular weight is 354 g/mol. The van der Waals surface area contributed by atoms with Crippen LogP contribution in [0.1, 0.15) is 5.56 Å². The summed E-state index contributed by atoms with van der Waals surface area (Å²) in [6, 6.07) is 29.0. The third kappa shape index (κ3) is 3.30. The Balaban J connectivity index is 1.75. The van der Waals surface area contributed by atoms with Crippen LogP contribution in [0.5, 0.6) is 0 Å². The molecule has 0 saturated heterocycles. The summed E-state index contributed by atoms with van der Waals surface area (Å²) in [6.07, 6.45) is 2.01. The lowest BCUT2D eigenvalue weighted by Gasteiger charge is -2.12. The van der Waals surface area contributed by atoms with Gasteiger partial charge < -0.3 is 11.1 Å². The predicted molar refractivity (Wildman–Crippen MR) is 116 cm³/mol. The predicted octanol–water partition coefficient (Wildman–Crippen LogP) is 5.73. The van der Waals surface area contributed by atoms with Crippen LogP contribution < -0.4 is 11.1 Å². The average Bonchev–Trinajstić information content (AvgIpc) is 2.67. The van der Waals surface area contributed by atoms with Crippen molar-refractivity contribution >= 4 is 50.5 Å². The van der Waals surface area contributed by atoms with Gasteiger partial charge in [-0.05, 0) is 45.3 Å². The van der Waals surface area contributed by atoms with E-state index < -0.39 is 0 Å². The van der Waals surface area contributed by atoms with E-state index in [1.165, 1.54) is 21.5 Å². The van der Waals surface area contributed by atoms with Crippen LogP contribution in [-0.4, -0.2) is 4.99 Å². The molecule has 0 saturated carbocycles. The molecule has 26 heavy (non-hydrogen) atoms. The van der Waals surface area contributed by atoms with Crippen molar-refractivity contribution in [3.05, 3.63) is 96.2 Å².